The fourth-order valence-corrected chi connectivity index (χ4v) is 2.91. The Labute approximate surface area is 89.8 Å². The normalized spacial score (nSPS) is 26.9. The van der Waals surface area contributed by atoms with Crippen LogP contribution in [0.2, 0.25) is 0 Å². The van der Waals surface area contributed by atoms with Crippen molar-refractivity contribution in [2.24, 2.45) is 5.41 Å². The Bertz CT molecular complexity index is 438. The standard InChI is InChI=1S/C14H14O/c1-10-9-12(15)14(7-8-14)13(10)11-5-3-2-4-6-11/h2-6,9,13H,7-8H2,1H3. The highest BCUT2D eigenvalue weighted by Gasteiger charge is 2.58. The first-order valence-electron chi connectivity index (χ1n) is 5.52. The van der Waals surface area contributed by atoms with Gasteiger partial charge in [0, 0.05) is 11.3 Å². The molecule has 76 valence electrons. The summed E-state index contributed by atoms with van der Waals surface area (Å²) in [7, 11) is 0. The van der Waals surface area contributed by atoms with E-state index in [1.807, 2.05) is 12.1 Å². The number of rotatable bonds is 1. The Hall–Kier alpha value is -1.37. The van der Waals surface area contributed by atoms with E-state index in [9.17, 15) is 4.79 Å². The highest BCUT2D eigenvalue weighted by atomic mass is 16.1. The molecule has 0 bridgehead atoms. The molecule has 15 heavy (non-hydrogen) atoms. The highest BCUT2D eigenvalue weighted by molar-refractivity contribution is 6.01. The predicted octanol–water partition coefficient (Wildman–Crippen LogP) is 3.08. The molecular formula is C14H14O. The first-order valence-corrected chi connectivity index (χ1v) is 5.52. The molecule has 0 radical (unpaired) electrons. The first kappa shape index (κ1) is 8.90. The zero-order valence-corrected chi connectivity index (χ0v) is 8.86. The van der Waals surface area contributed by atoms with Gasteiger partial charge >= 0.3 is 0 Å². The molecule has 1 unspecified atom stereocenters. The number of carbonyl (C=O) groups excluding carboxylic acids is 1. The third-order valence-corrected chi connectivity index (χ3v) is 3.78. The topological polar surface area (TPSA) is 17.1 Å². The van der Waals surface area contributed by atoms with Crippen molar-refractivity contribution in [1.29, 1.82) is 0 Å². The lowest BCUT2D eigenvalue weighted by Gasteiger charge is -2.19. The molecule has 0 saturated heterocycles. The van der Waals surface area contributed by atoms with Crippen LogP contribution in [0.1, 0.15) is 31.2 Å². The summed E-state index contributed by atoms with van der Waals surface area (Å²) < 4.78 is 0. The maximum atomic E-state index is 11.9. The molecule has 1 fully saturated rings. The van der Waals surface area contributed by atoms with Gasteiger partial charge in [-0.25, -0.2) is 0 Å². The lowest BCUT2D eigenvalue weighted by molar-refractivity contribution is -0.118. The third-order valence-electron chi connectivity index (χ3n) is 3.78. The Morgan fingerprint density at radius 1 is 1.20 bits per heavy atom. The van der Waals surface area contributed by atoms with Crippen molar-refractivity contribution in [1.82, 2.24) is 0 Å². The van der Waals surface area contributed by atoms with Gasteiger partial charge in [0.2, 0.25) is 0 Å². The molecule has 1 atom stereocenters. The molecule has 1 aromatic rings. The number of hydrogen-bond donors (Lipinski definition) is 0. The van der Waals surface area contributed by atoms with E-state index in [0.717, 1.165) is 12.8 Å². The van der Waals surface area contributed by atoms with Crippen molar-refractivity contribution in [2.45, 2.75) is 25.7 Å². The lowest BCUT2D eigenvalue weighted by atomic mass is 9.82. The Balaban J connectivity index is 2.07. The highest BCUT2D eigenvalue weighted by Crippen LogP contribution is 2.62. The van der Waals surface area contributed by atoms with E-state index in [4.69, 9.17) is 0 Å². The van der Waals surface area contributed by atoms with E-state index in [1.165, 1.54) is 11.1 Å². The molecule has 1 aromatic carbocycles. The molecule has 1 spiro atoms. The van der Waals surface area contributed by atoms with E-state index in [1.54, 1.807) is 0 Å². The summed E-state index contributed by atoms with van der Waals surface area (Å²) in [5.74, 6) is 0.708. The molecule has 1 heteroatoms. The fraction of sp³-hybridized carbons (Fsp3) is 0.357. The second-order valence-corrected chi connectivity index (χ2v) is 4.75. The van der Waals surface area contributed by atoms with E-state index in [0.29, 0.717) is 11.7 Å². The fourth-order valence-electron chi connectivity index (χ4n) is 2.91. The maximum Gasteiger partial charge on any atom is 0.162 e. The van der Waals surface area contributed by atoms with Crippen LogP contribution in [-0.4, -0.2) is 5.78 Å². The van der Waals surface area contributed by atoms with Crippen LogP contribution >= 0.6 is 0 Å². The summed E-state index contributed by atoms with van der Waals surface area (Å²) in [6.45, 7) is 2.09. The molecular weight excluding hydrogens is 184 g/mol. The molecule has 0 N–H and O–H groups in total. The summed E-state index contributed by atoms with van der Waals surface area (Å²) >= 11 is 0. The van der Waals surface area contributed by atoms with Gasteiger partial charge in [-0.05, 0) is 31.4 Å². The average molecular weight is 198 g/mol. The summed E-state index contributed by atoms with van der Waals surface area (Å²) in [5.41, 5.74) is 2.50. The summed E-state index contributed by atoms with van der Waals surface area (Å²) in [5, 5.41) is 0. The zero-order chi connectivity index (χ0) is 10.5. The van der Waals surface area contributed by atoms with Gasteiger partial charge in [0.05, 0.1) is 0 Å². The van der Waals surface area contributed by atoms with Crippen molar-refractivity contribution in [3.8, 4) is 0 Å². The van der Waals surface area contributed by atoms with E-state index in [-0.39, 0.29) is 5.41 Å². The molecule has 3 rings (SSSR count). The van der Waals surface area contributed by atoms with Crippen molar-refractivity contribution in [2.75, 3.05) is 0 Å². The summed E-state index contributed by atoms with van der Waals surface area (Å²) in [6.07, 6.45) is 3.99. The van der Waals surface area contributed by atoms with E-state index < -0.39 is 0 Å². The van der Waals surface area contributed by atoms with Gasteiger partial charge in [-0.2, -0.15) is 0 Å². The lowest BCUT2D eigenvalue weighted by Crippen LogP contribution is -2.16. The molecule has 1 saturated carbocycles. The number of benzene rings is 1. The van der Waals surface area contributed by atoms with Gasteiger partial charge in [-0.3, -0.25) is 4.79 Å². The second kappa shape index (κ2) is 2.82. The molecule has 0 amide bonds. The number of hydrogen-bond acceptors (Lipinski definition) is 1. The monoisotopic (exact) mass is 198 g/mol. The first-order chi connectivity index (χ1) is 7.24. The van der Waals surface area contributed by atoms with E-state index >= 15 is 0 Å². The van der Waals surface area contributed by atoms with Gasteiger partial charge in [-0.1, -0.05) is 35.9 Å². The number of carbonyl (C=O) groups is 1. The van der Waals surface area contributed by atoms with Crippen LogP contribution in [0, 0.1) is 5.41 Å². The largest absolute Gasteiger partial charge is 0.294 e. The van der Waals surface area contributed by atoms with Crippen LogP contribution in [0.25, 0.3) is 0 Å². The minimum absolute atomic E-state index is 0.0363. The third kappa shape index (κ3) is 1.12. The number of ketones is 1. The molecule has 0 heterocycles. The Kier molecular flexibility index (Phi) is 1.67. The van der Waals surface area contributed by atoms with Crippen LogP contribution < -0.4 is 0 Å². The second-order valence-electron chi connectivity index (χ2n) is 4.75. The van der Waals surface area contributed by atoms with Crippen LogP contribution in [0.15, 0.2) is 42.0 Å². The average Bonchev–Trinajstić information content (AvgIpc) is 2.96. The minimum Gasteiger partial charge on any atom is -0.294 e. The Morgan fingerprint density at radius 2 is 1.87 bits per heavy atom. The zero-order valence-electron chi connectivity index (χ0n) is 8.86. The van der Waals surface area contributed by atoms with Gasteiger partial charge in [0.25, 0.3) is 0 Å². The van der Waals surface area contributed by atoms with Crippen LogP contribution in [0.5, 0.6) is 0 Å². The predicted molar refractivity (Wildman–Crippen MR) is 59.6 cm³/mol. The van der Waals surface area contributed by atoms with E-state index in [2.05, 4.69) is 31.2 Å². The van der Waals surface area contributed by atoms with Crippen molar-refractivity contribution >= 4 is 5.78 Å². The van der Waals surface area contributed by atoms with Gasteiger partial charge in [-0.15, -0.1) is 0 Å². The molecule has 0 aliphatic heterocycles. The smallest absolute Gasteiger partial charge is 0.162 e. The van der Waals surface area contributed by atoms with Gasteiger partial charge < -0.3 is 0 Å². The van der Waals surface area contributed by atoms with Gasteiger partial charge in [0.15, 0.2) is 5.78 Å². The van der Waals surface area contributed by atoms with Crippen LogP contribution in [-0.2, 0) is 4.79 Å². The SMILES string of the molecule is CC1=CC(=O)C2(CC2)C1c1ccccc1. The quantitative estimate of drug-likeness (QED) is 0.677. The van der Waals surface area contributed by atoms with Crippen LogP contribution in [0.3, 0.4) is 0 Å². The van der Waals surface area contributed by atoms with Crippen molar-refractivity contribution in [3.05, 3.63) is 47.5 Å². The number of allylic oxidation sites excluding steroid dienone is 2. The minimum atomic E-state index is -0.0363. The maximum absolute atomic E-state index is 11.9. The van der Waals surface area contributed by atoms with Crippen LogP contribution in [0.4, 0.5) is 0 Å². The molecule has 1 nitrogen and oxygen atoms in total. The van der Waals surface area contributed by atoms with Crippen molar-refractivity contribution < 1.29 is 4.79 Å². The summed E-state index contributed by atoms with van der Waals surface area (Å²) in [4.78, 5) is 11.9. The molecule has 0 aromatic heterocycles. The molecule has 2 aliphatic carbocycles. The molecule has 2 aliphatic rings. The Morgan fingerprint density at radius 3 is 2.47 bits per heavy atom. The summed E-state index contributed by atoms with van der Waals surface area (Å²) in [6, 6.07) is 10.4. The van der Waals surface area contributed by atoms with Crippen molar-refractivity contribution in [3.63, 3.8) is 0 Å². The van der Waals surface area contributed by atoms with Gasteiger partial charge in [0.1, 0.15) is 0 Å².